The topological polar surface area (TPSA) is 127 Å². The lowest BCUT2D eigenvalue weighted by Gasteiger charge is -2.45. The summed E-state index contributed by atoms with van der Waals surface area (Å²) in [6, 6.07) is 13.5. The fourth-order valence-electron chi connectivity index (χ4n) is 4.12. The SMILES string of the molecule is CCOC(=O)N1CC=C2C(C#N)=C(N)C(C#N)(C#N)[C@H](c3cccc(Br)c3)[C@H]2C1. The van der Waals surface area contributed by atoms with E-state index in [-0.39, 0.29) is 31.0 Å². The van der Waals surface area contributed by atoms with Crippen LogP contribution in [-0.2, 0) is 4.74 Å². The third kappa shape index (κ3) is 3.24. The van der Waals surface area contributed by atoms with Gasteiger partial charge in [-0.3, -0.25) is 0 Å². The number of hydrogen-bond donors (Lipinski definition) is 1. The lowest BCUT2D eigenvalue weighted by Crippen LogP contribution is -2.49. The van der Waals surface area contributed by atoms with Crippen molar-refractivity contribution in [1.29, 1.82) is 15.8 Å². The highest BCUT2D eigenvalue weighted by molar-refractivity contribution is 9.10. The largest absolute Gasteiger partial charge is 0.450 e. The van der Waals surface area contributed by atoms with E-state index in [9.17, 15) is 20.6 Å². The molecule has 0 aromatic heterocycles. The molecule has 2 aliphatic rings. The van der Waals surface area contributed by atoms with Crippen LogP contribution in [0.15, 0.2) is 51.7 Å². The minimum atomic E-state index is -1.73. The fourth-order valence-corrected chi connectivity index (χ4v) is 4.54. The van der Waals surface area contributed by atoms with Gasteiger partial charge in [0.1, 0.15) is 6.07 Å². The maximum atomic E-state index is 12.3. The lowest BCUT2D eigenvalue weighted by atomic mass is 9.58. The molecule has 1 amide bonds. The predicted octanol–water partition coefficient (Wildman–Crippen LogP) is 3.33. The Labute approximate surface area is 177 Å². The maximum absolute atomic E-state index is 12.3. The van der Waals surface area contributed by atoms with Crippen molar-refractivity contribution in [3.05, 3.63) is 57.2 Å². The number of carbonyl (C=O) groups excluding carboxylic acids is 1. The molecule has 1 heterocycles. The molecule has 0 saturated heterocycles. The number of nitrogens with two attached hydrogens (primary N) is 1. The van der Waals surface area contributed by atoms with Gasteiger partial charge < -0.3 is 15.4 Å². The summed E-state index contributed by atoms with van der Waals surface area (Å²) >= 11 is 3.43. The molecule has 146 valence electrons. The summed E-state index contributed by atoms with van der Waals surface area (Å²) in [5, 5.41) is 29.8. The summed E-state index contributed by atoms with van der Waals surface area (Å²) in [6.45, 7) is 2.44. The van der Waals surface area contributed by atoms with Gasteiger partial charge in [0, 0.05) is 29.4 Å². The Morgan fingerprint density at radius 2 is 2.10 bits per heavy atom. The average molecular weight is 452 g/mol. The van der Waals surface area contributed by atoms with Crippen molar-refractivity contribution in [3.8, 4) is 18.2 Å². The van der Waals surface area contributed by atoms with Gasteiger partial charge in [0.15, 0.2) is 5.41 Å². The third-order valence-electron chi connectivity index (χ3n) is 5.40. The van der Waals surface area contributed by atoms with Crippen molar-refractivity contribution in [3.63, 3.8) is 0 Å². The molecular weight excluding hydrogens is 434 g/mol. The molecule has 3 rings (SSSR count). The summed E-state index contributed by atoms with van der Waals surface area (Å²) in [5.74, 6) is -1.11. The van der Waals surface area contributed by atoms with Crippen LogP contribution >= 0.6 is 15.9 Å². The summed E-state index contributed by atoms with van der Waals surface area (Å²) in [7, 11) is 0. The smallest absolute Gasteiger partial charge is 0.410 e. The van der Waals surface area contributed by atoms with E-state index in [4.69, 9.17) is 10.5 Å². The van der Waals surface area contributed by atoms with Crippen LogP contribution in [-0.4, -0.2) is 30.7 Å². The van der Waals surface area contributed by atoms with Gasteiger partial charge in [0.2, 0.25) is 0 Å². The number of rotatable bonds is 2. The predicted molar refractivity (Wildman–Crippen MR) is 108 cm³/mol. The molecule has 2 atom stereocenters. The zero-order valence-corrected chi connectivity index (χ0v) is 17.3. The maximum Gasteiger partial charge on any atom is 0.410 e. The Bertz CT molecular complexity index is 1030. The zero-order valence-electron chi connectivity index (χ0n) is 15.7. The number of carbonyl (C=O) groups is 1. The first kappa shape index (κ1) is 20.5. The van der Waals surface area contributed by atoms with Gasteiger partial charge in [-0.2, -0.15) is 15.8 Å². The second-order valence-corrected chi connectivity index (χ2v) is 7.75. The number of fused-ring (bicyclic) bond motifs is 1. The molecule has 29 heavy (non-hydrogen) atoms. The molecule has 0 fully saturated rings. The first-order chi connectivity index (χ1) is 13.9. The summed E-state index contributed by atoms with van der Waals surface area (Å²) in [4.78, 5) is 13.8. The quantitative estimate of drug-likeness (QED) is 0.734. The molecule has 1 aromatic carbocycles. The van der Waals surface area contributed by atoms with Crippen molar-refractivity contribution < 1.29 is 9.53 Å². The molecule has 0 spiro atoms. The first-order valence-electron chi connectivity index (χ1n) is 9.03. The Hall–Kier alpha value is -3.28. The van der Waals surface area contributed by atoms with Gasteiger partial charge in [0.05, 0.1) is 30.0 Å². The Kier molecular flexibility index (Phi) is 5.64. The Morgan fingerprint density at radius 3 is 2.69 bits per heavy atom. The number of allylic oxidation sites excluding steroid dienone is 2. The van der Waals surface area contributed by atoms with Crippen LogP contribution in [0.2, 0.25) is 0 Å². The summed E-state index contributed by atoms with van der Waals surface area (Å²) < 4.78 is 5.91. The minimum Gasteiger partial charge on any atom is -0.450 e. The van der Waals surface area contributed by atoms with Crippen LogP contribution in [0.3, 0.4) is 0 Å². The Balaban J connectivity index is 2.24. The molecule has 8 heteroatoms. The summed E-state index contributed by atoms with van der Waals surface area (Å²) in [6.07, 6.45) is 1.29. The highest BCUT2D eigenvalue weighted by Crippen LogP contribution is 2.54. The van der Waals surface area contributed by atoms with Crippen LogP contribution in [0, 0.1) is 45.3 Å². The number of nitrogens with zero attached hydrogens (tertiary/aromatic N) is 4. The van der Waals surface area contributed by atoms with E-state index in [0.29, 0.717) is 5.57 Å². The Morgan fingerprint density at radius 1 is 1.38 bits per heavy atom. The number of nitriles is 3. The third-order valence-corrected chi connectivity index (χ3v) is 5.89. The fraction of sp³-hybridized carbons (Fsp3) is 0.333. The van der Waals surface area contributed by atoms with Crippen molar-refractivity contribution in [1.82, 2.24) is 4.90 Å². The second-order valence-electron chi connectivity index (χ2n) is 6.83. The molecule has 0 unspecified atom stereocenters. The molecule has 2 N–H and O–H groups in total. The number of benzene rings is 1. The highest BCUT2D eigenvalue weighted by atomic mass is 79.9. The van der Waals surface area contributed by atoms with Crippen molar-refractivity contribution in [2.45, 2.75) is 12.8 Å². The van der Waals surface area contributed by atoms with Crippen molar-refractivity contribution in [2.24, 2.45) is 17.1 Å². The standard InChI is InChI=1S/C21H18BrN5O2/c1-2-29-20(28)27-7-6-15-16(9-23)19(26)21(11-24,12-25)18(17(15)10-27)13-4-3-5-14(22)8-13/h3-6,8,17-18H,2,7,10,26H2,1H3/t17-,18+/m0/s1. The minimum absolute atomic E-state index is 0.0398. The van der Waals surface area contributed by atoms with E-state index < -0.39 is 23.3 Å². The van der Waals surface area contributed by atoms with E-state index in [2.05, 4.69) is 34.1 Å². The average Bonchev–Trinajstić information content (AvgIpc) is 2.73. The van der Waals surface area contributed by atoms with E-state index in [1.807, 2.05) is 24.3 Å². The molecule has 1 aliphatic carbocycles. The van der Waals surface area contributed by atoms with Crippen molar-refractivity contribution >= 4 is 22.0 Å². The molecule has 7 nitrogen and oxygen atoms in total. The molecule has 1 aromatic rings. The lowest BCUT2D eigenvalue weighted by molar-refractivity contribution is 0.0999. The van der Waals surface area contributed by atoms with Gasteiger partial charge in [0.25, 0.3) is 0 Å². The van der Waals surface area contributed by atoms with Crippen LogP contribution in [0.25, 0.3) is 0 Å². The van der Waals surface area contributed by atoms with Crippen molar-refractivity contribution in [2.75, 3.05) is 19.7 Å². The molecule has 0 bridgehead atoms. The van der Waals surface area contributed by atoms with Gasteiger partial charge in [-0.05, 0) is 30.2 Å². The van der Waals surface area contributed by atoms with Crippen LogP contribution < -0.4 is 5.73 Å². The van der Waals surface area contributed by atoms with Crippen LogP contribution in [0.5, 0.6) is 0 Å². The van der Waals surface area contributed by atoms with E-state index in [1.165, 1.54) is 4.90 Å². The number of ether oxygens (including phenoxy) is 1. The van der Waals surface area contributed by atoms with Gasteiger partial charge >= 0.3 is 6.09 Å². The highest BCUT2D eigenvalue weighted by Gasteiger charge is 2.54. The van der Waals surface area contributed by atoms with Gasteiger partial charge in [-0.1, -0.05) is 34.1 Å². The molecule has 0 radical (unpaired) electrons. The molecular formula is C21H18BrN5O2. The number of hydrogen-bond acceptors (Lipinski definition) is 6. The van der Waals surface area contributed by atoms with E-state index in [1.54, 1.807) is 13.0 Å². The molecule has 1 aliphatic heterocycles. The number of amides is 1. The zero-order chi connectivity index (χ0) is 21.2. The molecule has 0 saturated carbocycles. The van der Waals surface area contributed by atoms with Crippen LogP contribution in [0.1, 0.15) is 18.4 Å². The summed E-state index contributed by atoms with van der Waals surface area (Å²) in [5.41, 5.74) is 6.02. The van der Waals surface area contributed by atoms with E-state index in [0.717, 1.165) is 10.0 Å². The van der Waals surface area contributed by atoms with Crippen LogP contribution in [0.4, 0.5) is 4.79 Å². The second kappa shape index (κ2) is 7.99. The first-order valence-corrected chi connectivity index (χ1v) is 9.83. The van der Waals surface area contributed by atoms with Gasteiger partial charge in [-0.25, -0.2) is 4.79 Å². The normalized spacial score (nSPS) is 22.4. The monoisotopic (exact) mass is 451 g/mol. The number of halogens is 1. The van der Waals surface area contributed by atoms with Gasteiger partial charge in [-0.15, -0.1) is 0 Å². The van der Waals surface area contributed by atoms with E-state index >= 15 is 0 Å².